The van der Waals surface area contributed by atoms with E-state index in [0.29, 0.717) is 17.9 Å². The molecule has 4 rings (SSSR count). The largest absolute Gasteiger partial charge is 0.391 e. The molecule has 1 fully saturated rings. The summed E-state index contributed by atoms with van der Waals surface area (Å²) in [5.41, 5.74) is 1.45. The van der Waals surface area contributed by atoms with E-state index >= 15 is 0 Å². The van der Waals surface area contributed by atoms with Crippen molar-refractivity contribution in [3.63, 3.8) is 0 Å². The zero-order valence-electron chi connectivity index (χ0n) is 15.1. The van der Waals surface area contributed by atoms with Crippen molar-refractivity contribution in [2.75, 3.05) is 0 Å². The molecule has 3 atom stereocenters. The van der Waals surface area contributed by atoms with Gasteiger partial charge in [0.25, 0.3) is 5.91 Å². The number of nitrogens with one attached hydrogen (secondary N) is 1. The maximum atomic E-state index is 12.6. The molecular formula is C19H22N6O2. The standard InChI is InChI=1S/C19H22N6O2/c1-24-18(20-12-22-24)14-3-5-15(6-4-14)19(27)23-16-9-13(10-17(16)26)11-25-8-2-7-21-25/h2-8,12-13,16-17,26H,9-11H2,1H3,(H,23,27)/t13?,16-,17-/m1/s1. The summed E-state index contributed by atoms with van der Waals surface area (Å²) in [6, 6.07) is 8.88. The lowest BCUT2D eigenvalue weighted by molar-refractivity contribution is 0.0873. The maximum absolute atomic E-state index is 12.6. The quantitative estimate of drug-likeness (QED) is 0.708. The van der Waals surface area contributed by atoms with Crippen LogP contribution in [0.25, 0.3) is 11.4 Å². The Kier molecular flexibility index (Phi) is 4.72. The third-order valence-corrected chi connectivity index (χ3v) is 5.06. The second kappa shape index (κ2) is 7.32. The molecule has 8 heteroatoms. The van der Waals surface area contributed by atoms with Crippen molar-refractivity contribution in [2.24, 2.45) is 13.0 Å². The molecule has 0 bridgehead atoms. The van der Waals surface area contributed by atoms with E-state index in [1.54, 1.807) is 23.0 Å². The first-order valence-corrected chi connectivity index (χ1v) is 9.01. The van der Waals surface area contributed by atoms with Crippen LogP contribution in [0.15, 0.2) is 49.1 Å². The van der Waals surface area contributed by atoms with Gasteiger partial charge >= 0.3 is 0 Å². The maximum Gasteiger partial charge on any atom is 0.251 e. The predicted molar refractivity (Wildman–Crippen MR) is 98.7 cm³/mol. The number of amides is 1. The normalized spacial score (nSPS) is 22.1. The molecule has 8 nitrogen and oxygen atoms in total. The third kappa shape index (κ3) is 3.75. The van der Waals surface area contributed by atoms with Crippen LogP contribution in [0.3, 0.4) is 0 Å². The molecule has 1 aliphatic carbocycles. The smallest absolute Gasteiger partial charge is 0.251 e. The summed E-state index contributed by atoms with van der Waals surface area (Å²) >= 11 is 0. The lowest BCUT2D eigenvalue weighted by Crippen LogP contribution is -2.39. The van der Waals surface area contributed by atoms with Crippen LogP contribution in [0.5, 0.6) is 0 Å². The first-order chi connectivity index (χ1) is 13.1. The summed E-state index contributed by atoms with van der Waals surface area (Å²) in [5.74, 6) is 0.862. The van der Waals surface area contributed by atoms with E-state index in [0.717, 1.165) is 24.4 Å². The molecule has 3 aromatic rings. The van der Waals surface area contributed by atoms with E-state index in [4.69, 9.17) is 0 Å². The number of hydrogen-bond donors (Lipinski definition) is 2. The number of aromatic nitrogens is 5. The lowest BCUT2D eigenvalue weighted by Gasteiger charge is -2.16. The third-order valence-electron chi connectivity index (χ3n) is 5.06. The summed E-state index contributed by atoms with van der Waals surface area (Å²) in [7, 11) is 1.82. The van der Waals surface area contributed by atoms with Crippen LogP contribution < -0.4 is 5.32 Å². The Labute approximate surface area is 156 Å². The predicted octanol–water partition coefficient (Wildman–Crippen LogP) is 1.25. The number of aliphatic hydroxyl groups is 1. The van der Waals surface area contributed by atoms with E-state index in [1.807, 2.05) is 36.1 Å². The minimum atomic E-state index is -0.535. The molecule has 1 unspecified atom stereocenters. The number of carbonyl (C=O) groups excluding carboxylic acids is 1. The van der Waals surface area contributed by atoms with E-state index < -0.39 is 6.10 Å². The Balaban J connectivity index is 1.38. The second-order valence-electron chi connectivity index (χ2n) is 7.00. The summed E-state index contributed by atoms with van der Waals surface area (Å²) in [5, 5.41) is 21.6. The fourth-order valence-corrected chi connectivity index (χ4v) is 3.68. The van der Waals surface area contributed by atoms with Gasteiger partial charge in [-0.1, -0.05) is 12.1 Å². The Morgan fingerprint density at radius 2 is 2.07 bits per heavy atom. The van der Waals surface area contributed by atoms with Gasteiger partial charge in [0.1, 0.15) is 6.33 Å². The highest BCUT2D eigenvalue weighted by Crippen LogP contribution is 2.28. The van der Waals surface area contributed by atoms with Crippen LogP contribution in [0.4, 0.5) is 0 Å². The number of carbonyl (C=O) groups is 1. The van der Waals surface area contributed by atoms with Crippen LogP contribution in [0, 0.1) is 5.92 Å². The van der Waals surface area contributed by atoms with Gasteiger partial charge in [0, 0.05) is 37.1 Å². The van der Waals surface area contributed by atoms with Crippen LogP contribution in [-0.2, 0) is 13.6 Å². The Bertz CT molecular complexity index is 903. The van der Waals surface area contributed by atoms with Gasteiger partial charge in [-0.3, -0.25) is 9.48 Å². The van der Waals surface area contributed by atoms with Crippen molar-refractivity contribution >= 4 is 5.91 Å². The molecular weight excluding hydrogens is 344 g/mol. The summed E-state index contributed by atoms with van der Waals surface area (Å²) < 4.78 is 3.55. The lowest BCUT2D eigenvalue weighted by atomic mass is 10.1. The van der Waals surface area contributed by atoms with Crippen molar-refractivity contribution in [3.05, 3.63) is 54.6 Å². The number of hydrogen-bond acceptors (Lipinski definition) is 5. The molecule has 2 N–H and O–H groups in total. The zero-order valence-corrected chi connectivity index (χ0v) is 15.1. The Hall–Kier alpha value is -3.00. The van der Waals surface area contributed by atoms with Gasteiger partial charge in [0.15, 0.2) is 5.82 Å². The Morgan fingerprint density at radius 3 is 2.74 bits per heavy atom. The van der Waals surface area contributed by atoms with Gasteiger partial charge in [-0.2, -0.15) is 10.2 Å². The molecule has 0 spiro atoms. The minimum absolute atomic E-state index is 0.177. The van der Waals surface area contributed by atoms with Crippen molar-refractivity contribution < 1.29 is 9.90 Å². The van der Waals surface area contributed by atoms with Crippen LogP contribution in [0.2, 0.25) is 0 Å². The van der Waals surface area contributed by atoms with Crippen molar-refractivity contribution in [1.82, 2.24) is 29.9 Å². The van der Waals surface area contributed by atoms with Crippen LogP contribution in [-0.4, -0.2) is 47.7 Å². The van der Waals surface area contributed by atoms with E-state index in [-0.39, 0.29) is 11.9 Å². The number of rotatable bonds is 5. The molecule has 0 aliphatic heterocycles. The first kappa shape index (κ1) is 17.4. The average Bonchev–Trinajstić information content (AvgIpc) is 3.39. The summed E-state index contributed by atoms with van der Waals surface area (Å²) in [4.78, 5) is 16.8. The van der Waals surface area contributed by atoms with Crippen molar-refractivity contribution in [2.45, 2.75) is 31.5 Å². The minimum Gasteiger partial charge on any atom is -0.391 e. The second-order valence-corrected chi connectivity index (χ2v) is 7.00. The summed E-state index contributed by atoms with van der Waals surface area (Å²) in [6.07, 6.45) is 6.02. The van der Waals surface area contributed by atoms with Crippen molar-refractivity contribution in [1.29, 1.82) is 0 Å². The summed E-state index contributed by atoms with van der Waals surface area (Å²) in [6.45, 7) is 0.753. The van der Waals surface area contributed by atoms with Gasteiger partial charge < -0.3 is 10.4 Å². The van der Waals surface area contributed by atoms with Crippen molar-refractivity contribution in [3.8, 4) is 11.4 Å². The van der Waals surface area contributed by atoms with E-state index in [2.05, 4.69) is 20.5 Å². The zero-order chi connectivity index (χ0) is 18.8. The molecule has 27 heavy (non-hydrogen) atoms. The fraction of sp³-hybridized carbons (Fsp3) is 0.368. The molecule has 2 aromatic heterocycles. The number of aliphatic hydroxyl groups excluding tert-OH is 1. The fourth-order valence-electron chi connectivity index (χ4n) is 3.68. The Morgan fingerprint density at radius 1 is 1.26 bits per heavy atom. The number of nitrogens with zero attached hydrogens (tertiary/aromatic N) is 5. The molecule has 1 aliphatic rings. The molecule has 1 aromatic carbocycles. The average molecular weight is 366 g/mol. The molecule has 0 saturated heterocycles. The topological polar surface area (TPSA) is 97.9 Å². The SMILES string of the molecule is Cn1ncnc1-c1ccc(C(=O)N[C@@H]2CC(Cn3cccn3)C[C@H]2O)cc1. The molecule has 140 valence electrons. The monoisotopic (exact) mass is 366 g/mol. The number of benzene rings is 1. The highest BCUT2D eigenvalue weighted by Gasteiger charge is 2.34. The highest BCUT2D eigenvalue weighted by atomic mass is 16.3. The molecule has 2 heterocycles. The highest BCUT2D eigenvalue weighted by molar-refractivity contribution is 5.94. The van der Waals surface area contributed by atoms with Gasteiger partial charge in [0.2, 0.25) is 0 Å². The first-order valence-electron chi connectivity index (χ1n) is 9.01. The van der Waals surface area contributed by atoms with Gasteiger partial charge in [-0.15, -0.1) is 0 Å². The van der Waals surface area contributed by atoms with Crippen LogP contribution in [0.1, 0.15) is 23.2 Å². The van der Waals surface area contributed by atoms with Gasteiger partial charge in [-0.25, -0.2) is 9.67 Å². The van der Waals surface area contributed by atoms with Gasteiger partial charge in [-0.05, 0) is 37.0 Å². The molecule has 0 radical (unpaired) electrons. The molecule has 1 amide bonds. The van der Waals surface area contributed by atoms with E-state index in [9.17, 15) is 9.90 Å². The van der Waals surface area contributed by atoms with E-state index in [1.165, 1.54) is 6.33 Å². The number of aryl methyl sites for hydroxylation is 1. The van der Waals surface area contributed by atoms with Gasteiger partial charge in [0.05, 0.1) is 12.1 Å². The molecule has 1 saturated carbocycles. The van der Waals surface area contributed by atoms with Crippen LogP contribution >= 0.6 is 0 Å².